The Morgan fingerprint density at radius 3 is 3.00 bits per heavy atom. The van der Waals surface area contributed by atoms with Gasteiger partial charge in [0.05, 0.1) is 12.7 Å². The summed E-state index contributed by atoms with van der Waals surface area (Å²) in [5.41, 5.74) is 1.19. The lowest BCUT2D eigenvalue weighted by Crippen LogP contribution is -1.97. The number of thiazole rings is 1. The van der Waals surface area contributed by atoms with Crippen LogP contribution in [0.15, 0.2) is 18.6 Å². The second kappa shape index (κ2) is 4.44. The summed E-state index contributed by atoms with van der Waals surface area (Å²) in [5, 5.41) is 8.42. The smallest absolute Gasteiger partial charge is 0.182 e. The zero-order chi connectivity index (χ0) is 10.7. The van der Waals surface area contributed by atoms with Gasteiger partial charge in [-0.3, -0.25) is 4.68 Å². The van der Waals surface area contributed by atoms with Gasteiger partial charge in [0.2, 0.25) is 0 Å². The van der Waals surface area contributed by atoms with E-state index in [4.69, 9.17) is 0 Å². The lowest BCUT2D eigenvalue weighted by atomic mass is 10.4. The van der Waals surface area contributed by atoms with Crippen molar-refractivity contribution in [3.8, 4) is 0 Å². The van der Waals surface area contributed by atoms with E-state index in [2.05, 4.69) is 22.3 Å². The van der Waals surface area contributed by atoms with Gasteiger partial charge in [-0.1, -0.05) is 0 Å². The molecule has 80 valence electrons. The van der Waals surface area contributed by atoms with Crippen LogP contribution in [0.5, 0.6) is 0 Å². The van der Waals surface area contributed by atoms with Gasteiger partial charge in [0, 0.05) is 23.8 Å². The molecule has 5 heteroatoms. The van der Waals surface area contributed by atoms with Crippen LogP contribution in [-0.4, -0.2) is 21.3 Å². The van der Waals surface area contributed by atoms with Crippen molar-refractivity contribution < 1.29 is 0 Å². The predicted molar refractivity (Wildman–Crippen MR) is 62.3 cm³/mol. The highest BCUT2D eigenvalue weighted by Crippen LogP contribution is 2.18. The largest absolute Gasteiger partial charge is 0.362 e. The third kappa shape index (κ3) is 2.56. The molecule has 0 bridgehead atoms. The van der Waals surface area contributed by atoms with Crippen molar-refractivity contribution in [2.75, 3.05) is 11.9 Å². The first-order valence-electron chi connectivity index (χ1n) is 4.95. The van der Waals surface area contributed by atoms with E-state index in [1.165, 1.54) is 10.4 Å². The Balaban J connectivity index is 2.04. The number of anilines is 1. The van der Waals surface area contributed by atoms with E-state index in [1.54, 1.807) is 11.3 Å². The number of rotatable bonds is 4. The number of nitrogens with zero attached hydrogens (tertiary/aromatic N) is 3. The fourth-order valence-corrected chi connectivity index (χ4v) is 2.20. The molecule has 2 aromatic rings. The molecule has 0 spiro atoms. The number of hydrogen-bond donors (Lipinski definition) is 1. The van der Waals surface area contributed by atoms with Crippen LogP contribution >= 0.6 is 11.3 Å². The third-order valence-corrected chi connectivity index (χ3v) is 2.90. The third-order valence-electron chi connectivity index (χ3n) is 1.96. The van der Waals surface area contributed by atoms with Gasteiger partial charge in [-0.05, 0) is 19.4 Å². The van der Waals surface area contributed by atoms with Crippen molar-refractivity contribution in [2.45, 2.75) is 20.4 Å². The van der Waals surface area contributed by atoms with Gasteiger partial charge in [0.25, 0.3) is 0 Å². The molecule has 4 nitrogen and oxygen atoms in total. The van der Waals surface area contributed by atoms with E-state index < -0.39 is 0 Å². The summed E-state index contributed by atoms with van der Waals surface area (Å²) in [4.78, 5) is 5.49. The van der Waals surface area contributed by atoms with E-state index >= 15 is 0 Å². The Hall–Kier alpha value is -1.36. The van der Waals surface area contributed by atoms with E-state index in [9.17, 15) is 0 Å². The Morgan fingerprint density at radius 2 is 2.33 bits per heavy atom. The molecule has 2 heterocycles. The first kappa shape index (κ1) is 10.2. The molecule has 0 aromatic carbocycles. The van der Waals surface area contributed by atoms with Crippen molar-refractivity contribution in [1.29, 1.82) is 0 Å². The number of hydrogen-bond acceptors (Lipinski definition) is 4. The van der Waals surface area contributed by atoms with Gasteiger partial charge >= 0.3 is 0 Å². The molecule has 0 saturated carbocycles. The number of nitrogens with one attached hydrogen (secondary N) is 1. The van der Waals surface area contributed by atoms with Crippen LogP contribution in [0.3, 0.4) is 0 Å². The van der Waals surface area contributed by atoms with Gasteiger partial charge in [0.15, 0.2) is 5.13 Å². The maximum Gasteiger partial charge on any atom is 0.182 e. The van der Waals surface area contributed by atoms with Crippen LogP contribution in [0, 0.1) is 6.92 Å². The second-order valence-electron chi connectivity index (χ2n) is 3.38. The lowest BCUT2D eigenvalue weighted by Gasteiger charge is -1.96. The van der Waals surface area contributed by atoms with Crippen molar-refractivity contribution in [3.05, 3.63) is 29.0 Å². The molecule has 0 aliphatic heterocycles. The highest BCUT2D eigenvalue weighted by atomic mass is 32.1. The SMILES string of the molecule is CCNc1ncc(Cn2cc(C)cn2)s1. The van der Waals surface area contributed by atoms with E-state index in [0.29, 0.717) is 0 Å². The molecular weight excluding hydrogens is 208 g/mol. The quantitative estimate of drug-likeness (QED) is 0.861. The molecule has 0 aliphatic carbocycles. The van der Waals surface area contributed by atoms with Crippen molar-refractivity contribution in [1.82, 2.24) is 14.8 Å². The number of aromatic nitrogens is 3. The van der Waals surface area contributed by atoms with E-state index in [1.807, 2.05) is 30.2 Å². The summed E-state index contributed by atoms with van der Waals surface area (Å²) >= 11 is 1.68. The van der Waals surface area contributed by atoms with Gasteiger partial charge in [0.1, 0.15) is 0 Å². The average molecular weight is 222 g/mol. The highest BCUT2D eigenvalue weighted by molar-refractivity contribution is 7.15. The first-order chi connectivity index (χ1) is 7.28. The molecule has 2 aromatic heterocycles. The summed E-state index contributed by atoms with van der Waals surface area (Å²) in [6.45, 7) is 5.82. The zero-order valence-corrected chi connectivity index (χ0v) is 9.71. The molecule has 0 aliphatic rings. The minimum Gasteiger partial charge on any atom is -0.362 e. The van der Waals surface area contributed by atoms with Crippen molar-refractivity contribution >= 4 is 16.5 Å². The monoisotopic (exact) mass is 222 g/mol. The Morgan fingerprint density at radius 1 is 1.47 bits per heavy atom. The molecule has 0 atom stereocenters. The van der Waals surface area contributed by atoms with Crippen LogP contribution < -0.4 is 5.32 Å². The second-order valence-corrected chi connectivity index (χ2v) is 4.49. The topological polar surface area (TPSA) is 42.7 Å². The first-order valence-corrected chi connectivity index (χ1v) is 5.77. The molecule has 0 saturated heterocycles. The summed E-state index contributed by atoms with van der Waals surface area (Å²) < 4.78 is 1.93. The van der Waals surface area contributed by atoms with Gasteiger partial charge in [-0.15, -0.1) is 11.3 Å². The molecular formula is C10H14N4S. The van der Waals surface area contributed by atoms with Gasteiger partial charge in [-0.25, -0.2) is 4.98 Å². The average Bonchev–Trinajstić information content (AvgIpc) is 2.78. The Kier molecular flexibility index (Phi) is 3.01. The van der Waals surface area contributed by atoms with Crippen LogP contribution in [0.2, 0.25) is 0 Å². The van der Waals surface area contributed by atoms with E-state index in [0.717, 1.165) is 18.2 Å². The van der Waals surface area contributed by atoms with E-state index in [-0.39, 0.29) is 0 Å². The number of aryl methyl sites for hydroxylation is 1. The minimum absolute atomic E-state index is 0.802. The van der Waals surface area contributed by atoms with Gasteiger partial charge in [-0.2, -0.15) is 5.10 Å². The van der Waals surface area contributed by atoms with Crippen LogP contribution in [0.1, 0.15) is 17.4 Å². The molecule has 15 heavy (non-hydrogen) atoms. The molecule has 1 N–H and O–H groups in total. The van der Waals surface area contributed by atoms with Crippen LogP contribution in [0.25, 0.3) is 0 Å². The van der Waals surface area contributed by atoms with Crippen LogP contribution in [-0.2, 0) is 6.54 Å². The Labute approximate surface area is 93.0 Å². The normalized spacial score (nSPS) is 10.5. The summed E-state index contributed by atoms with van der Waals surface area (Å²) in [6.07, 6.45) is 5.80. The summed E-state index contributed by atoms with van der Waals surface area (Å²) in [5.74, 6) is 0. The summed E-state index contributed by atoms with van der Waals surface area (Å²) in [7, 11) is 0. The maximum atomic E-state index is 4.28. The Bertz CT molecular complexity index is 432. The van der Waals surface area contributed by atoms with Gasteiger partial charge < -0.3 is 5.32 Å². The zero-order valence-electron chi connectivity index (χ0n) is 8.90. The van der Waals surface area contributed by atoms with Crippen LogP contribution in [0.4, 0.5) is 5.13 Å². The fourth-order valence-electron chi connectivity index (χ4n) is 1.33. The lowest BCUT2D eigenvalue weighted by molar-refractivity contribution is 0.693. The molecule has 0 unspecified atom stereocenters. The van der Waals surface area contributed by atoms with Crippen molar-refractivity contribution in [3.63, 3.8) is 0 Å². The summed E-state index contributed by atoms with van der Waals surface area (Å²) in [6, 6.07) is 0. The van der Waals surface area contributed by atoms with Crippen molar-refractivity contribution in [2.24, 2.45) is 0 Å². The fraction of sp³-hybridized carbons (Fsp3) is 0.400. The molecule has 2 rings (SSSR count). The standard InChI is InChI=1S/C10H14N4S/c1-3-11-10-12-5-9(15-10)7-14-6-8(2)4-13-14/h4-6H,3,7H2,1-2H3,(H,11,12). The predicted octanol–water partition coefficient (Wildman–Crippen LogP) is 2.13. The molecule has 0 amide bonds. The maximum absolute atomic E-state index is 4.28. The molecule has 0 radical (unpaired) electrons. The minimum atomic E-state index is 0.802. The highest BCUT2D eigenvalue weighted by Gasteiger charge is 2.02. The molecule has 0 fully saturated rings.